The minimum absolute atomic E-state index is 0.0936. The largest absolute Gasteiger partial charge is 0.480 e. The second-order valence-corrected chi connectivity index (χ2v) is 9.92. The van der Waals surface area contributed by atoms with E-state index < -0.39 is 36.2 Å². The molecule has 184 valence electrons. The number of aryl methyl sites for hydroxylation is 2. The Morgan fingerprint density at radius 1 is 1.33 bits per heavy atom. The maximum atomic E-state index is 12.9. The summed E-state index contributed by atoms with van der Waals surface area (Å²) in [5.41, 5.74) is 0.883. The minimum Gasteiger partial charge on any atom is -0.480 e. The van der Waals surface area contributed by atoms with Gasteiger partial charge in [0.1, 0.15) is 11.9 Å². The Kier molecular flexibility index (Phi) is 8.62. The van der Waals surface area contributed by atoms with Gasteiger partial charge in [-0.3, -0.25) is 4.79 Å². The number of halogens is 2. The van der Waals surface area contributed by atoms with Crippen LogP contribution < -0.4 is 10.6 Å². The minimum atomic E-state index is -2.67. The van der Waals surface area contributed by atoms with Gasteiger partial charge in [-0.25, -0.2) is 18.6 Å². The molecule has 1 unspecified atom stereocenters. The Balaban J connectivity index is 1.32. The lowest BCUT2D eigenvalue weighted by Crippen LogP contribution is -2.44. The second kappa shape index (κ2) is 11.2. The summed E-state index contributed by atoms with van der Waals surface area (Å²) in [6.45, 7) is 3.74. The van der Waals surface area contributed by atoms with Crippen LogP contribution >= 0.6 is 0 Å². The highest BCUT2D eigenvalue weighted by atomic mass is 19.3. The predicted octanol–water partition coefficient (Wildman–Crippen LogP) is 3.81. The SMILES string of the molecule is CC(C)(CC(=O)NC(CCOC1CC(CCc2ccc3c(n2)NCCC3)C1)C(=O)O)C(F)F. The van der Waals surface area contributed by atoms with Gasteiger partial charge in [0.2, 0.25) is 12.3 Å². The van der Waals surface area contributed by atoms with Crippen molar-refractivity contribution in [3.63, 3.8) is 0 Å². The van der Waals surface area contributed by atoms with E-state index >= 15 is 0 Å². The zero-order valence-corrected chi connectivity index (χ0v) is 19.4. The first kappa shape index (κ1) is 25.3. The van der Waals surface area contributed by atoms with Gasteiger partial charge in [0.05, 0.1) is 6.10 Å². The molecule has 0 spiro atoms. The van der Waals surface area contributed by atoms with E-state index in [9.17, 15) is 23.5 Å². The van der Waals surface area contributed by atoms with Gasteiger partial charge in [-0.15, -0.1) is 0 Å². The van der Waals surface area contributed by atoms with Crippen LogP contribution in [-0.4, -0.2) is 53.7 Å². The molecule has 0 bridgehead atoms. The smallest absolute Gasteiger partial charge is 0.326 e. The quantitative estimate of drug-likeness (QED) is 0.432. The second-order valence-electron chi connectivity index (χ2n) is 9.92. The van der Waals surface area contributed by atoms with Gasteiger partial charge in [0.25, 0.3) is 0 Å². The van der Waals surface area contributed by atoms with E-state index in [4.69, 9.17) is 9.72 Å². The van der Waals surface area contributed by atoms with Gasteiger partial charge in [-0.2, -0.15) is 0 Å². The van der Waals surface area contributed by atoms with Crippen LogP contribution in [0.25, 0.3) is 0 Å². The summed E-state index contributed by atoms with van der Waals surface area (Å²) in [6.07, 6.45) is 3.14. The number of aromatic nitrogens is 1. The van der Waals surface area contributed by atoms with Crippen molar-refractivity contribution in [2.24, 2.45) is 11.3 Å². The summed E-state index contributed by atoms with van der Waals surface area (Å²) in [7, 11) is 0. The van der Waals surface area contributed by atoms with Crippen LogP contribution in [0, 0.1) is 11.3 Å². The first-order valence-corrected chi connectivity index (χ1v) is 11.8. The third kappa shape index (κ3) is 7.35. The molecule has 1 aromatic heterocycles. The number of rotatable bonds is 12. The standard InChI is InChI=1S/C24H35F2N3O4/c1-24(2,23(25)26)14-20(30)29-19(22(31)32)9-11-33-18-12-15(13-18)5-7-17-8-6-16-4-3-10-27-21(16)28-17/h6,8,15,18-19,23H,3-5,7,9-14H2,1-2H3,(H,27,28)(H,29,30)(H,31,32). The summed E-state index contributed by atoms with van der Waals surface area (Å²) < 4.78 is 31.6. The molecule has 2 aliphatic rings. The normalized spacial score (nSPS) is 21.0. The Morgan fingerprint density at radius 3 is 2.79 bits per heavy atom. The number of pyridine rings is 1. The maximum Gasteiger partial charge on any atom is 0.326 e. The van der Waals surface area contributed by atoms with Crippen molar-refractivity contribution in [2.75, 3.05) is 18.5 Å². The molecule has 0 aromatic carbocycles. The fourth-order valence-corrected chi connectivity index (χ4v) is 4.25. The average molecular weight is 468 g/mol. The third-order valence-corrected chi connectivity index (χ3v) is 6.55. The maximum absolute atomic E-state index is 12.9. The number of alkyl halides is 2. The molecule has 0 saturated heterocycles. The number of carboxylic acids is 1. The number of aliphatic carboxylic acids is 1. The molecule has 1 fully saturated rings. The molecule has 9 heteroatoms. The van der Waals surface area contributed by atoms with Crippen molar-refractivity contribution in [3.05, 3.63) is 23.4 Å². The van der Waals surface area contributed by atoms with Gasteiger partial charge in [-0.05, 0) is 56.1 Å². The van der Waals surface area contributed by atoms with E-state index in [2.05, 4.69) is 22.8 Å². The number of carboxylic acid groups (broad SMARTS) is 1. The lowest BCUT2D eigenvalue weighted by molar-refractivity contribution is -0.143. The molecule has 1 amide bonds. The number of anilines is 1. The zero-order valence-electron chi connectivity index (χ0n) is 19.4. The number of ether oxygens (including phenoxy) is 1. The zero-order chi connectivity index (χ0) is 24.0. The van der Waals surface area contributed by atoms with Gasteiger partial charge < -0.3 is 20.5 Å². The molecule has 1 aromatic rings. The molecule has 3 rings (SSSR count). The van der Waals surface area contributed by atoms with Crippen LogP contribution in [0.1, 0.15) is 63.6 Å². The summed E-state index contributed by atoms with van der Waals surface area (Å²) >= 11 is 0. The Morgan fingerprint density at radius 2 is 2.09 bits per heavy atom. The number of carbonyl (C=O) groups excluding carboxylic acids is 1. The lowest BCUT2D eigenvalue weighted by Gasteiger charge is -2.35. The monoisotopic (exact) mass is 467 g/mol. The molecule has 1 aliphatic heterocycles. The van der Waals surface area contributed by atoms with Crippen LogP contribution in [0.15, 0.2) is 12.1 Å². The number of nitrogens with zero attached hydrogens (tertiary/aromatic N) is 1. The van der Waals surface area contributed by atoms with Crippen LogP contribution in [0.3, 0.4) is 0 Å². The number of nitrogens with one attached hydrogen (secondary N) is 2. The van der Waals surface area contributed by atoms with Gasteiger partial charge in [-0.1, -0.05) is 19.9 Å². The number of fused-ring (bicyclic) bond motifs is 1. The molecule has 2 heterocycles. The first-order valence-electron chi connectivity index (χ1n) is 11.8. The summed E-state index contributed by atoms with van der Waals surface area (Å²) in [5.74, 6) is -0.304. The first-order chi connectivity index (χ1) is 15.6. The molecule has 1 saturated carbocycles. The van der Waals surface area contributed by atoms with Crippen molar-refractivity contribution in [1.82, 2.24) is 10.3 Å². The summed E-state index contributed by atoms with van der Waals surface area (Å²) in [6, 6.07) is 3.13. The van der Waals surface area contributed by atoms with Crippen molar-refractivity contribution in [2.45, 2.75) is 83.8 Å². The number of hydrogen-bond donors (Lipinski definition) is 3. The van der Waals surface area contributed by atoms with Crippen molar-refractivity contribution in [3.8, 4) is 0 Å². The average Bonchev–Trinajstić information content (AvgIpc) is 2.73. The van der Waals surface area contributed by atoms with Crippen molar-refractivity contribution < 1.29 is 28.2 Å². The van der Waals surface area contributed by atoms with E-state index in [0.717, 1.165) is 56.6 Å². The number of carbonyl (C=O) groups is 2. The fraction of sp³-hybridized carbons (Fsp3) is 0.708. The van der Waals surface area contributed by atoms with Crippen LogP contribution in [0.4, 0.5) is 14.6 Å². The summed E-state index contributed by atoms with van der Waals surface area (Å²) in [5, 5.41) is 15.0. The molecule has 3 N–H and O–H groups in total. The lowest BCUT2D eigenvalue weighted by atomic mass is 9.79. The fourth-order valence-electron chi connectivity index (χ4n) is 4.25. The van der Waals surface area contributed by atoms with Crippen LogP contribution in [0.5, 0.6) is 0 Å². The molecule has 0 radical (unpaired) electrons. The molecular formula is C24H35F2N3O4. The van der Waals surface area contributed by atoms with E-state index in [-0.39, 0.29) is 19.1 Å². The highest BCUT2D eigenvalue weighted by Crippen LogP contribution is 2.34. The highest BCUT2D eigenvalue weighted by Gasteiger charge is 2.34. The molecule has 33 heavy (non-hydrogen) atoms. The highest BCUT2D eigenvalue weighted by molar-refractivity contribution is 5.83. The van der Waals surface area contributed by atoms with Crippen LogP contribution in [0.2, 0.25) is 0 Å². The van der Waals surface area contributed by atoms with Gasteiger partial charge in [0.15, 0.2) is 0 Å². The van der Waals surface area contributed by atoms with E-state index in [1.54, 1.807) is 0 Å². The Labute approximate surface area is 193 Å². The molecule has 1 aliphatic carbocycles. The Bertz CT molecular complexity index is 828. The number of hydrogen-bond acceptors (Lipinski definition) is 5. The van der Waals surface area contributed by atoms with Crippen LogP contribution in [-0.2, 0) is 27.2 Å². The number of amides is 1. The third-order valence-electron chi connectivity index (χ3n) is 6.55. The van der Waals surface area contributed by atoms with Gasteiger partial charge >= 0.3 is 5.97 Å². The summed E-state index contributed by atoms with van der Waals surface area (Å²) in [4.78, 5) is 28.2. The molecule has 1 atom stereocenters. The van der Waals surface area contributed by atoms with E-state index in [1.165, 1.54) is 19.4 Å². The topological polar surface area (TPSA) is 101 Å². The van der Waals surface area contributed by atoms with E-state index in [0.29, 0.717) is 5.92 Å². The Hall–Kier alpha value is -2.29. The van der Waals surface area contributed by atoms with Gasteiger partial charge in [0, 0.05) is 37.1 Å². The van der Waals surface area contributed by atoms with E-state index in [1.807, 2.05) is 0 Å². The molecular weight excluding hydrogens is 432 g/mol. The predicted molar refractivity (Wildman–Crippen MR) is 120 cm³/mol. The van der Waals surface area contributed by atoms with Crippen molar-refractivity contribution >= 4 is 17.7 Å². The molecule has 7 nitrogen and oxygen atoms in total. The van der Waals surface area contributed by atoms with Crippen molar-refractivity contribution in [1.29, 1.82) is 0 Å².